The second-order valence-electron chi connectivity index (χ2n) is 9.85. The second kappa shape index (κ2) is 16.6. The van der Waals surface area contributed by atoms with Crippen LogP contribution in [0.3, 0.4) is 0 Å². The van der Waals surface area contributed by atoms with E-state index in [1.54, 1.807) is 24.3 Å². The molecule has 1 aromatic heterocycles. The zero-order chi connectivity index (χ0) is 32.0. The van der Waals surface area contributed by atoms with Crippen molar-refractivity contribution < 1.29 is 41.9 Å². The van der Waals surface area contributed by atoms with Gasteiger partial charge >= 0.3 is 12.7 Å². The average Bonchev–Trinajstić information content (AvgIpc) is 3.51. The van der Waals surface area contributed by atoms with Crippen LogP contribution in [0.25, 0.3) is 0 Å². The minimum absolute atomic E-state index is 0.0472. The fraction of sp³-hybridized carbons (Fsp3) is 0.281. The molecular weight excluding hydrogens is 590 g/mol. The lowest BCUT2D eigenvalue weighted by molar-refractivity contribution is -0.0498. The number of Topliss-reactive ketones (excluding diaryl/α,β-unsaturated/α-hetero) is 2. The molecule has 3 aromatic carbocycles. The van der Waals surface area contributed by atoms with Gasteiger partial charge in [-0.15, -0.1) is 0 Å². The number of ether oxygens (including phenoxy) is 3. The van der Waals surface area contributed by atoms with E-state index in [1.807, 2.05) is 30.3 Å². The molecule has 1 atom stereocenters. The van der Waals surface area contributed by atoms with Crippen LogP contribution in [-0.4, -0.2) is 53.6 Å². The van der Waals surface area contributed by atoms with Crippen molar-refractivity contribution in [3.05, 3.63) is 107 Å². The summed E-state index contributed by atoms with van der Waals surface area (Å²) in [4.78, 5) is 42.2. The monoisotopic (exact) mass is 622 g/mol. The molecule has 11 nitrogen and oxygen atoms in total. The van der Waals surface area contributed by atoms with E-state index in [4.69, 9.17) is 19.7 Å². The lowest BCUT2D eigenvalue weighted by Gasteiger charge is -2.16. The van der Waals surface area contributed by atoms with Gasteiger partial charge in [0.15, 0.2) is 12.4 Å². The van der Waals surface area contributed by atoms with Crippen molar-refractivity contribution in [3.63, 3.8) is 0 Å². The molecule has 0 aliphatic rings. The summed E-state index contributed by atoms with van der Waals surface area (Å²) < 4.78 is 45.0. The first kappa shape index (κ1) is 32.7. The van der Waals surface area contributed by atoms with Crippen LogP contribution in [0.4, 0.5) is 13.6 Å². The fourth-order valence-electron chi connectivity index (χ4n) is 4.18. The molecular formula is C32H32F2N4O7. The normalized spacial score (nSPS) is 11.6. The van der Waals surface area contributed by atoms with Gasteiger partial charge in [0.1, 0.15) is 18.1 Å². The Morgan fingerprint density at radius 3 is 2.29 bits per heavy atom. The molecule has 3 N–H and O–H groups in total. The van der Waals surface area contributed by atoms with Gasteiger partial charge in [-0.2, -0.15) is 13.8 Å². The molecule has 4 rings (SSSR count). The number of hydrogen-bond acceptors (Lipinski definition) is 10. The molecule has 0 bridgehead atoms. The van der Waals surface area contributed by atoms with Crippen LogP contribution >= 0.6 is 0 Å². The van der Waals surface area contributed by atoms with E-state index < -0.39 is 24.5 Å². The minimum atomic E-state index is -2.95. The number of nitrogens with two attached hydrogens (primary N) is 1. The van der Waals surface area contributed by atoms with E-state index in [-0.39, 0.29) is 48.4 Å². The van der Waals surface area contributed by atoms with E-state index in [0.717, 1.165) is 11.1 Å². The molecule has 1 amide bonds. The third-order valence-electron chi connectivity index (χ3n) is 6.51. The molecule has 1 unspecified atom stereocenters. The summed E-state index contributed by atoms with van der Waals surface area (Å²) in [7, 11) is 0. The van der Waals surface area contributed by atoms with Gasteiger partial charge in [0.2, 0.25) is 17.5 Å². The summed E-state index contributed by atoms with van der Waals surface area (Å²) in [5, 5.41) is 6.42. The Morgan fingerprint density at radius 2 is 1.60 bits per heavy atom. The standard InChI is InChI=1S/C32H32F2N4O7/c33-31(34)44-25-15-11-23(12-16-25)27(39)20-42-24-13-9-21(10-14-24)18-28-37-30(38-45-28)29(40)26(8-4-5-17-35)36-32(41)43-19-22-6-2-1-3-7-22/h1-3,6-7,9-16,26,31H,4-5,8,17-20,35H2,(H,36,41). The zero-order valence-corrected chi connectivity index (χ0v) is 24.2. The number of benzene rings is 3. The summed E-state index contributed by atoms with van der Waals surface area (Å²) >= 11 is 0. The number of alkyl halides is 2. The van der Waals surface area contributed by atoms with Gasteiger partial charge in [-0.25, -0.2) is 4.79 Å². The predicted molar refractivity (Wildman–Crippen MR) is 157 cm³/mol. The highest BCUT2D eigenvalue weighted by Gasteiger charge is 2.27. The summed E-state index contributed by atoms with van der Waals surface area (Å²) in [5.74, 6) is -0.452. The maximum absolute atomic E-state index is 13.2. The van der Waals surface area contributed by atoms with Gasteiger partial charge in [0.25, 0.3) is 0 Å². The molecule has 0 saturated heterocycles. The first-order valence-electron chi connectivity index (χ1n) is 14.1. The Hall–Kier alpha value is -5.17. The number of carbonyl (C=O) groups is 3. The fourth-order valence-corrected chi connectivity index (χ4v) is 4.18. The molecule has 0 radical (unpaired) electrons. The maximum atomic E-state index is 13.2. The van der Waals surface area contributed by atoms with Crippen molar-refractivity contribution in [3.8, 4) is 11.5 Å². The Kier molecular flexibility index (Phi) is 12.1. The number of nitrogens with one attached hydrogen (secondary N) is 1. The van der Waals surface area contributed by atoms with Gasteiger partial charge in [0.05, 0.1) is 12.5 Å². The zero-order valence-electron chi connectivity index (χ0n) is 24.2. The van der Waals surface area contributed by atoms with Crippen LogP contribution in [0.2, 0.25) is 0 Å². The third kappa shape index (κ3) is 10.5. The lowest BCUT2D eigenvalue weighted by Crippen LogP contribution is -2.41. The summed E-state index contributed by atoms with van der Waals surface area (Å²) in [6.07, 6.45) is 1.07. The number of rotatable bonds is 17. The van der Waals surface area contributed by atoms with Crippen LogP contribution < -0.4 is 20.5 Å². The number of hydrogen-bond donors (Lipinski definition) is 2. The quantitative estimate of drug-likeness (QED) is 0.120. The van der Waals surface area contributed by atoms with Gasteiger partial charge in [-0.05, 0) is 73.3 Å². The van der Waals surface area contributed by atoms with Gasteiger partial charge in [0, 0.05) is 5.56 Å². The molecule has 4 aromatic rings. The Labute approximate surface area is 257 Å². The summed E-state index contributed by atoms with van der Waals surface area (Å²) in [6, 6.07) is 20.3. The van der Waals surface area contributed by atoms with E-state index >= 15 is 0 Å². The molecule has 0 fully saturated rings. The van der Waals surface area contributed by atoms with Crippen molar-refractivity contribution in [1.29, 1.82) is 0 Å². The van der Waals surface area contributed by atoms with E-state index in [0.29, 0.717) is 31.6 Å². The predicted octanol–water partition coefficient (Wildman–Crippen LogP) is 5.13. The average molecular weight is 623 g/mol. The van der Waals surface area contributed by atoms with E-state index in [9.17, 15) is 23.2 Å². The van der Waals surface area contributed by atoms with Gasteiger partial charge in [-0.3, -0.25) is 9.59 Å². The van der Waals surface area contributed by atoms with Crippen LogP contribution in [0, 0.1) is 0 Å². The van der Waals surface area contributed by atoms with Crippen molar-refractivity contribution in [2.24, 2.45) is 5.73 Å². The maximum Gasteiger partial charge on any atom is 0.408 e. The highest BCUT2D eigenvalue weighted by Crippen LogP contribution is 2.18. The Balaban J connectivity index is 1.29. The van der Waals surface area contributed by atoms with Crippen LogP contribution in [0.5, 0.6) is 11.5 Å². The number of ketones is 2. The second-order valence-corrected chi connectivity index (χ2v) is 9.85. The third-order valence-corrected chi connectivity index (χ3v) is 6.51. The van der Waals surface area contributed by atoms with E-state index in [2.05, 4.69) is 20.2 Å². The Morgan fingerprint density at radius 1 is 0.889 bits per heavy atom. The van der Waals surface area contributed by atoms with Crippen molar-refractivity contribution >= 4 is 17.7 Å². The molecule has 0 saturated carbocycles. The van der Waals surface area contributed by atoms with Crippen molar-refractivity contribution in [2.45, 2.75) is 44.9 Å². The number of nitrogens with zero attached hydrogens (tertiary/aromatic N) is 2. The SMILES string of the molecule is NCCCCC(NC(=O)OCc1ccccc1)C(=O)c1noc(Cc2ccc(OCC(=O)c3ccc(OC(F)F)cc3)cc2)n1. The smallest absolute Gasteiger partial charge is 0.408 e. The molecule has 1 heterocycles. The van der Waals surface area contributed by atoms with Crippen molar-refractivity contribution in [2.75, 3.05) is 13.2 Å². The van der Waals surface area contributed by atoms with Gasteiger partial charge in [-0.1, -0.05) is 47.6 Å². The highest BCUT2D eigenvalue weighted by atomic mass is 19.3. The van der Waals surface area contributed by atoms with E-state index in [1.165, 1.54) is 24.3 Å². The number of amides is 1. The molecule has 45 heavy (non-hydrogen) atoms. The number of unbranched alkanes of at least 4 members (excludes halogenated alkanes) is 1. The van der Waals surface area contributed by atoms with Crippen LogP contribution in [-0.2, 0) is 17.8 Å². The number of aromatic nitrogens is 2. The van der Waals surface area contributed by atoms with Crippen molar-refractivity contribution in [1.82, 2.24) is 15.5 Å². The first-order chi connectivity index (χ1) is 21.8. The van der Waals surface area contributed by atoms with Gasteiger partial charge < -0.3 is 29.8 Å². The molecule has 13 heteroatoms. The highest BCUT2D eigenvalue weighted by molar-refractivity contribution is 5.98. The van der Waals surface area contributed by atoms with Crippen LogP contribution in [0.15, 0.2) is 83.4 Å². The topological polar surface area (TPSA) is 156 Å². The number of halogens is 2. The molecule has 0 aliphatic carbocycles. The molecule has 0 spiro atoms. The first-order valence-corrected chi connectivity index (χ1v) is 14.1. The Bertz CT molecular complexity index is 1530. The summed E-state index contributed by atoms with van der Waals surface area (Å²) in [6.45, 7) is -2.71. The largest absolute Gasteiger partial charge is 0.485 e. The minimum Gasteiger partial charge on any atom is -0.485 e. The number of carbonyl (C=O) groups excluding carboxylic acids is 3. The summed E-state index contributed by atoms with van der Waals surface area (Å²) in [5.41, 5.74) is 7.46. The lowest BCUT2D eigenvalue weighted by atomic mass is 10.0. The molecule has 0 aliphatic heterocycles. The van der Waals surface area contributed by atoms with Crippen LogP contribution in [0.1, 0.15) is 57.3 Å². The molecule has 236 valence electrons. The number of alkyl carbamates (subject to hydrolysis) is 1.